The number of benzene rings is 2. The molecular formula is C19H22ClNO3Sn. The van der Waals surface area contributed by atoms with E-state index in [2.05, 4.69) is 5.32 Å². The number of rotatable bonds is 7. The monoisotopic (exact) mass is 467 g/mol. The Bertz CT molecular complexity index is 670. The van der Waals surface area contributed by atoms with Crippen LogP contribution in [0.2, 0.25) is 4.44 Å². The van der Waals surface area contributed by atoms with Gasteiger partial charge >= 0.3 is 156 Å². The number of halogens is 1. The number of carbonyl (C=O) groups excluding carboxylic acids is 2. The summed E-state index contributed by atoms with van der Waals surface area (Å²) in [5.41, 5.74) is 0. The summed E-state index contributed by atoms with van der Waals surface area (Å²) in [7, 11) is 7.26. The Morgan fingerprint density at radius 2 is 1.52 bits per heavy atom. The summed E-state index contributed by atoms with van der Waals surface area (Å²) in [6.07, 6.45) is 0. The van der Waals surface area contributed by atoms with Crippen molar-refractivity contribution in [3.05, 3.63) is 60.7 Å². The summed E-state index contributed by atoms with van der Waals surface area (Å²) < 4.78 is 7.65. The number of carbonyl (C=O) groups is 2. The molecule has 2 aromatic rings. The molecule has 1 N–H and O–H groups in total. The van der Waals surface area contributed by atoms with Gasteiger partial charge in [0.2, 0.25) is 0 Å². The van der Waals surface area contributed by atoms with Gasteiger partial charge in [0.25, 0.3) is 0 Å². The number of ether oxygens (including phenoxy) is 1. The first-order valence-electron chi connectivity index (χ1n) is 8.21. The van der Waals surface area contributed by atoms with Gasteiger partial charge in [-0.3, -0.25) is 0 Å². The van der Waals surface area contributed by atoms with Gasteiger partial charge in [-0.15, -0.1) is 0 Å². The third-order valence-electron chi connectivity index (χ3n) is 3.90. The van der Waals surface area contributed by atoms with Crippen LogP contribution in [0.5, 0.6) is 0 Å². The fourth-order valence-corrected chi connectivity index (χ4v) is 14.3. The third-order valence-corrected chi connectivity index (χ3v) is 17.8. The molecule has 25 heavy (non-hydrogen) atoms. The van der Waals surface area contributed by atoms with E-state index in [1.807, 2.05) is 60.7 Å². The molecule has 1 atom stereocenters. The fourth-order valence-electron chi connectivity index (χ4n) is 2.77. The average molecular weight is 467 g/mol. The van der Waals surface area contributed by atoms with E-state index < -0.39 is 29.3 Å². The first-order valence-corrected chi connectivity index (χ1v) is 16.7. The maximum absolute atomic E-state index is 12.4. The molecule has 0 unspecified atom stereocenters. The minimum atomic E-state index is -3.69. The van der Waals surface area contributed by atoms with E-state index in [4.69, 9.17) is 13.7 Å². The number of esters is 1. The molecule has 2 aromatic carbocycles. The van der Waals surface area contributed by atoms with Crippen molar-refractivity contribution in [3.8, 4) is 0 Å². The molecule has 0 saturated carbocycles. The molecule has 0 aliphatic carbocycles. The van der Waals surface area contributed by atoms with Crippen LogP contribution < -0.4 is 12.5 Å². The van der Waals surface area contributed by atoms with E-state index in [9.17, 15) is 9.59 Å². The second-order valence-corrected chi connectivity index (χ2v) is 19.1. The molecule has 132 valence electrons. The van der Waals surface area contributed by atoms with Crippen molar-refractivity contribution in [2.75, 3.05) is 6.61 Å². The summed E-state index contributed by atoms with van der Waals surface area (Å²) in [4.78, 5) is 23.9. The SMILES string of the molecule is CCOC(=O)[C@H]([CH2][Sn]([Cl])([c]1ccccc1)[c]1ccccc1)NC(C)=O. The molecule has 0 bridgehead atoms. The van der Waals surface area contributed by atoms with Crippen molar-refractivity contribution < 1.29 is 14.3 Å². The zero-order valence-corrected chi connectivity index (χ0v) is 18.0. The van der Waals surface area contributed by atoms with Crippen molar-refractivity contribution in [2.45, 2.75) is 24.3 Å². The molecule has 0 radical (unpaired) electrons. The Morgan fingerprint density at radius 3 is 1.92 bits per heavy atom. The van der Waals surface area contributed by atoms with Crippen LogP contribution in [0, 0.1) is 0 Å². The van der Waals surface area contributed by atoms with E-state index in [0.717, 1.165) is 7.16 Å². The van der Waals surface area contributed by atoms with Crippen LogP contribution in [0.4, 0.5) is 0 Å². The van der Waals surface area contributed by atoms with Gasteiger partial charge in [0.15, 0.2) is 0 Å². The van der Waals surface area contributed by atoms with E-state index in [1.165, 1.54) is 6.92 Å². The van der Waals surface area contributed by atoms with Gasteiger partial charge in [-0.05, 0) is 0 Å². The van der Waals surface area contributed by atoms with Gasteiger partial charge in [-0.1, -0.05) is 0 Å². The predicted octanol–water partition coefficient (Wildman–Crippen LogP) is 2.05. The first kappa shape index (κ1) is 19.8. The minimum absolute atomic E-state index is 0.260. The molecule has 0 aromatic heterocycles. The molecule has 0 heterocycles. The Labute approximate surface area is 156 Å². The van der Waals surface area contributed by atoms with Gasteiger partial charge in [-0.2, -0.15) is 0 Å². The predicted molar refractivity (Wildman–Crippen MR) is 103 cm³/mol. The summed E-state index contributed by atoms with van der Waals surface area (Å²) in [5, 5.41) is 2.71. The summed E-state index contributed by atoms with van der Waals surface area (Å²) in [6, 6.07) is 19.0. The van der Waals surface area contributed by atoms with Crippen molar-refractivity contribution in [3.63, 3.8) is 0 Å². The zero-order chi connectivity index (χ0) is 18.3. The van der Waals surface area contributed by atoms with Crippen LogP contribution >= 0.6 is 8.92 Å². The molecule has 0 fully saturated rings. The Morgan fingerprint density at radius 1 is 1.04 bits per heavy atom. The maximum atomic E-state index is 12.4. The average Bonchev–Trinajstić information content (AvgIpc) is 2.62. The Hall–Kier alpha value is -1.53. The molecule has 1 amide bonds. The molecular weight excluding hydrogens is 444 g/mol. The van der Waals surface area contributed by atoms with E-state index >= 15 is 0 Å². The van der Waals surface area contributed by atoms with Crippen LogP contribution in [0.1, 0.15) is 13.8 Å². The first-order chi connectivity index (χ1) is 12.0. The quantitative estimate of drug-likeness (QED) is 0.502. The Balaban J connectivity index is 2.44. The number of amides is 1. The molecule has 0 aliphatic heterocycles. The van der Waals surface area contributed by atoms with E-state index in [-0.39, 0.29) is 12.5 Å². The normalized spacial score (nSPS) is 12.3. The van der Waals surface area contributed by atoms with Crippen LogP contribution in [0.25, 0.3) is 0 Å². The number of nitrogens with one attached hydrogen (secondary N) is 1. The Kier molecular flexibility index (Phi) is 7.32. The second-order valence-electron chi connectivity index (χ2n) is 5.74. The van der Waals surface area contributed by atoms with Gasteiger partial charge in [0.05, 0.1) is 0 Å². The van der Waals surface area contributed by atoms with Crippen LogP contribution in [-0.4, -0.2) is 41.8 Å². The van der Waals surface area contributed by atoms with E-state index in [0.29, 0.717) is 4.44 Å². The fraction of sp³-hybridized carbons (Fsp3) is 0.263. The van der Waals surface area contributed by atoms with Crippen molar-refractivity contribution in [2.24, 2.45) is 0 Å². The van der Waals surface area contributed by atoms with Gasteiger partial charge in [0, 0.05) is 0 Å². The second kappa shape index (κ2) is 9.25. The summed E-state index contributed by atoms with van der Waals surface area (Å²) in [5.74, 6) is -0.712. The standard InChI is InChI=1S/C7H12NO3.2C6H5.ClH.Sn/c1-4-11-7(10)5(2)8-6(3)9;2*1-2-4-6-5-3-1;;/h5H,2,4H2,1,3H3,(H,8,9);2*1-5H;1H;/q;;;;+1/p-1/t5-;;;;/m0..../s1. The molecule has 0 saturated heterocycles. The molecule has 0 aliphatic rings. The molecule has 0 spiro atoms. The molecule has 2 rings (SSSR count). The van der Waals surface area contributed by atoms with Crippen molar-refractivity contribution in [1.29, 1.82) is 0 Å². The van der Waals surface area contributed by atoms with Gasteiger partial charge in [-0.25, -0.2) is 0 Å². The van der Waals surface area contributed by atoms with E-state index in [1.54, 1.807) is 6.92 Å². The molecule has 6 heteroatoms. The summed E-state index contributed by atoms with van der Waals surface area (Å²) in [6.45, 7) is 3.40. The van der Waals surface area contributed by atoms with Gasteiger partial charge in [0.1, 0.15) is 0 Å². The third kappa shape index (κ3) is 5.22. The van der Waals surface area contributed by atoms with Crippen molar-refractivity contribution >= 4 is 45.2 Å². The van der Waals surface area contributed by atoms with Gasteiger partial charge < -0.3 is 0 Å². The zero-order valence-electron chi connectivity index (χ0n) is 14.4. The van der Waals surface area contributed by atoms with Crippen LogP contribution in [0.3, 0.4) is 0 Å². The van der Waals surface area contributed by atoms with Crippen LogP contribution in [-0.2, 0) is 14.3 Å². The number of hydrogen-bond donors (Lipinski definition) is 1. The molecule has 4 nitrogen and oxygen atoms in total. The van der Waals surface area contributed by atoms with Crippen LogP contribution in [0.15, 0.2) is 60.7 Å². The van der Waals surface area contributed by atoms with Crippen molar-refractivity contribution in [1.82, 2.24) is 5.32 Å². The topological polar surface area (TPSA) is 55.4 Å². The number of hydrogen-bond acceptors (Lipinski definition) is 3. The summed E-state index contributed by atoms with van der Waals surface area (Å²) >= 11 is -3.69.